The summed E-state index contributed by atoms with van der Waals surface area (Å²) >= 11 is 0. The quantitative estimate of drug-likeness (QED) is 0.492. The van der Waals surface area contributed by atoms with Crippen molar-refractivity contribution in [1.82, 2.24) is 4.90 Å². The number of ether oxygens (including phenoxy) is 1. The lowest BCUT2D eigenvalue weighted by Crippen LogP contribution is -2.82. The standard InChI is InChI=1S/C30H36N2O4/c1-31(25(34)12-9-19-5-3-4-6-19)22-13-14-30(35)24-17-21-10-11-23(33)27-26(21)29(30,28(22)36-27)15-16-32(24,2)18-20-7-8-20/h3,5-6,9-12,20,22,24,28,35H,4,7-8,13-18H2,1-2H3/p+1/b12-9+/t22-,24-,28+,29+,30-,32?/m1/s1. The van der Waals surface area contributed by atoms with Gasteiger partial charge in [-0.25, -0.2) is 0 Å². The van der Waals surface area contributed by atoms with Crippen LogP contribution in [0.2, 0.25) is 0 Å². The molecule has 7 rings (SSSR count). The summed E-state index contributed by atoms with van der Waals surface area (Å²) in [6, 6.07) is 3.73. The molecule has 6 heteroatoms. The van der Waals surface area contributed by atoms with Crippen molar-refractivity contribution in [3.63, 3.8) is 0 Å². The van der Waals surface area contributed by atoms with Crippen molar-refractivity contribution in [3.8, 4) is 11.5 Å². The number of carbonyl (C=O) groups excluding carboxylic acids is 1. The molecule has 6 aliphatic rings. The molecule has 0 aromatic heterocycles. The zero-order valence-electron chi connectivity index (χ0n) is 21.3. The van der Waals surface area contributed by atoms with Gasteiger partial charge in [0, 0.05) is 37.4 Å². The topological polar surface area (TPSA) is 70.0 Å². The summed E-state index contributed by atoms with van der Waals surface area (Å²) < 4.78 is 7.55. The van der Waals surface area contributed by atoms with E-state index in [2.05, 4.69) is 19.2 Å². The van der Waals surface area contributed by atoms with Crippen LogP contribution in [0.25, 0.3) is 0 Å². The Morgan fingerprint density at radius 3 is 2.86 bits per heavy atom. The van der Waals surface area contributed by atoms with Gasteiger partial charge in [0.25, 0.3) is 0 Å². The molecular weight excluding hydrogens is 452 g/mol. The second-order valence-electron chi connectivity index (χ2n) is 12.4. The van der Waals surface area contributed by atoms with Crippen molar-refractivity contribution in [2.24, 2.45) is 5.92 Å². The first-order valence-electron chi connectivity index (χ1n) is 13.7. The zero-order chi connectivity index (χ0) is 24.9. The van der Waals surface area contributed by atoms with Gasteiger partial charge in [0.05, 0.1) is 31.6 Å². The largest absolute Gasteiger partial charge is 0.504 e. The first-order valence-corrected chi connectivity index (χ1v) is 13.7. The number of carbonyl (C=O) groups is 1. The van der Waals surface area contributed by atoms with Gasteiger partial charge in [-0.2, -0.15) is 0 Å². The third-order valence-electron chi connectivity index (χ3n) is 10.5. The summed E-state index contributed by atoms with van der Waals surface area (Å²) in [4.78, 5) is 15.1. The lowest BCUT2D eigenvalue weighted by atomic mass is 9.47. The molecule has 2 bridgehead atoms. The van der Waals surface area contributed by atoms with E-state index >= 15 is 0 Å². The van der Waals surface area contributed by atoms with Crippen LogP contribution in [0.5, 0.6) is 11.5 Å². The fourth-order valence-electron chi connectivity index (χ4n) is 8.58. The van der Waals surface area contributed by atoms with Crippen molar-refractivity contribution < 1.29 is 24.2 Å². The van der Waals surface area contributed by atoms with Gasteiger partial charge in [-0.15, -0.1) is 0 Å². The summed E-state index contributed by atoms with van der Waals surface area (Å²) in [5.41, 5.74) is 1.77. The molecule has 4 aliphatic carbocycles. The number of piperidine rings is 1. The number of phenols is 1. The van der Waals surface area contributed by atoms with Crippen molar-refractivity contribution in [2.45, 2.75) is 74.1 Å². The van der Waals surface area contributed by atoms with Crippen LogP contribution in [-0.4, -0.2) is 76.5 Å². The van der Waals surface area contributed by atoms with Gasteiger partial charge in [0.2, 0.25) is 5.91 Å². The molecule has 2 aliphatic heterocycles. The molecule has 2 saturated carbocycles. The van der Waals surface area contributed by atoms with E-state index in [1.807, 2.05) is 30.2 Å². The number of hydrogen-bond donors (Lipinski definition) is 2. The SMILES string of the molecule is CN(C(=O)/C=C/C1=CCC=C1)[C@@H]1CC[C@@]2(O)[C@H]3Cc4ccc(O)c5c4[C@@]2(CC[N+]3(C)CC2CC2)[C@H]1O5. The molecule has 6 nitrogen and oxygen atoms in total. The van der Waals surface area contributed by atoms with Gasteiger partial charge in [0.15, 0.2) is 11.5 Å². The van der Waals surface area contributed by atoms with Crippen molar-refractivity contribution in [2.75, 3.05) is 27.2 Å². The third kappa shape index (κ3) is 2.89. The monoisotopic (exact) mass is 489 g/mol. The number of aromatic hydroxyl groups is 1. The number of allylic oxidation sites excluding steroid dienone is 5. The molecule has 2 heterocycles. The van der Waals surface area contributed by atoms with Gasteiger partial charge < -0.3 is 24.3 Å². The van der Waals surface area contributed by atoms with Crippen LogP contribution in [0.1, 0.15) is 49.7 Å². The fourth-order valence-corrected chi connectivity index (χ4v) is 8.58. The summed E-state index contributed by atoms with van der Waals surface area (Å²) in [6.07, 6.45) is 15.9. The van der Waals surface area contributed by atoms with E-state index in [4.69, 9.17) is 4.74 Å². The van der Waals surface area contributed by atoms with Gasteiger partial charge in [0.1, 0.15) is 17.7 Å². The maximum Gasteiger partial charge on any atom is 0.246 e. The van der Waals surface area contributed by atoms with Gasteiger partial charge >= 0.3 is 0 Å². The van der Waals surface area contributed by atoms with Crippen LogP contribution in [0, 0.1) is 5.92 Å². The summed E-state index contributed by atoms with van der Waals surface area (Å²) in [7, 11) is 4.21. The summed E-state index contributed by atoms with van der Waals surface area (Å²) in [6.45, 7) is 2.12. The van der Waals surface area contributed by atoms with Crippen LogP contribution in [0.15, 0.2) is 48.1 Å². The molecule has 1 aromatic rings. The molecule has 3 fully saturated rings. The highest BCUT2D eigenvalue weighted by atomic mass is 16.5. The molecule has 6 atom stereocenters. The Balaban J connectivity index is 1.29. The number of nitrogens with zero attached hydrogens (tertiary/aromatic N) is 2. The Labute approximate surface area is 213 Å². The average molecular weight is 490 g/mol. The molecule has 1 saturated heterocycles. The Morgan fingerprint density at radius 1 is 1.28 bits per heavy atom. The highest BCUT2D eigenvalue weighted by molar-refractivity contribution is 5.88. The van der Waals surface area contributed by atoms with E-state index in [1.54, 1.807) is 12.1 Å². The van der Waals surface area contributed by atoms with E-state index in [0.29, 0.717) is 18.6 Å². The minimum Gasteiger partial charge on any atom is -0.504 e. The predicted octanol–water partition coefficient (Wildman–Crippen LogP) is 3.37. The first kappa shape index (κ1) is 22.6. The molecule has 1 amide bonds. The van der Waals surface area contributed by atoms with E-state index in [0.717, 1.165) is 53.9 Å². The van der Waals surface area contributed by atoms with Gasteiger partial charge in [-0.1, -0.05) is 24.3 Å². The number of likely N-dealkylation sites (tertiary alicyclic amines) is 1. The predicted molar refractivity (Wildman–Crippen MR) is 137 cm³/mol. The van der Waals surface area contributed by atoms with Gasteiger partial charge in [-0.05, 0) is 55.4 Å². The van der Waals surface area contributed by atoms with Crippen molar-refractivity contribution in [3.05, 3.63) is 59.2 Å². The highest BCUT2D eigenvalue weighted by Crippen LogP contribution is 2.66. The number of quaternary nitrogens is 1. The highest BCUT2D eigenvalue weighted by Gasteiger charge is 2.76. The van der Waals surface area contributed by atoms with E-state index < -0.39 is 11.0 Å². The maximum atomic E-state index is 13.3. The Morgan fingerprint density at radius 2 is 2.11 bits per heavy atom. The summed E-state index contributed by atoms with van der Waals surface area (Å²) in [5, 5.41) is 23.6. The second-order valence-corrected chi connectivity index (χ2v) is 12.4. The number of benzene rings is 1. The van der Waals surface area contributed by atoms with Crippen LogP contribution in [0.4, 0.5) is 0 Å². The molecule has 1 spiro atoms. The average Bonchev–Trinajstić information content (AvgIpc) is 3.36. The van der Waals surface area contributed by atoms with E-state index in [-0.39, 0.29) is 29.8 Å². The minimum absolute atomic E-state index is 0.0513. The molecule has 2 N–H and O–H groups in total. The number of phenolic OH excluding ortho intramolecular Hbond substituents is 1. The lowest BCUT2D eigenvalue weighted by Gasteiger charge is -2.66. The number of rotatable bonds is 5. The van der Waals surface area contributed by atoms with E-state index in [9.17, 15) is 15.0 Å². The maximum absolute atomic E-state index is 13.3. The van der Waals surface area contributed by atoms with Crippen LogP contribution in [-0.2, 0) is 16.6 Å². The second kappa shape index (κ2) is 7.48. The smallest absolute Gasteiger partial charge is 0.246 e. The van der Waals surface area contributed by atoms with Crippen LogP contribution in [0.3, 0.4) is 0 Å². The Bertz CT molecular complexity index is 1230. The van der Waals surface area contributed by atoms with Crippen LogP contribution >= 0.6 is 0 Å². The number of likely N-dealkylation sites (N-methyl/N-ethyl adjacent to an activating group) is 2. The number of aliphatic hydroxyl groups is 1. The Hall–Kier alpha value is -2.57. The summed E-state index contributed by atoms with van der Waals surface area (Å²) in [5.74, 6) is 1.41. The minimum atomic E-state index is -0.915. The Kier molecular flexibility index (Phi) is 4.70. The fraction of sp³-hybridized carbons (Fsp3) is 0.567. The normalized spacial score (nSPS) is 39.6. The number of amides is 1. The molecule has 1 aromatic carbocycles. The molecular formula is C30H37N2O4+. The third-order valence-corrected chi connectivity index (χ3v) is 10.5. The molecule has 36 heavy (non-hydrogen) atoms. The van der Waals surface area contributed by atoms with Crippen LogP contribution < -0.4 is 4.74 Å². The number of hydrogen-bond acceptors (Lipinski definition) is 4. The first-order chi connectivity index (χ1) is 17.3. The lowest BCUT2D eigenvalue weighted by molar-refractivity contribution is -0.950. The molecule has 190 valence electrons. The molecule has 1 unspecified atom stereocenters. The van der Waals surface area contributed by atoms with Gasteiger partial charge in [-0.3, -0.25) is 4.79 Å². The zero-order valence-corrected chi connectivity index (χ0v) is 21.3. The van der Waals surface area contributed by atoms with Crippen molar-refractivity contribution >= 4 is 5.91 Å². The van der Waals surface area contributed by atoms with E-state index in [1.165, 1.54) is 18.4 Å². The molecule has 0 radical (unpaired) electrons. The van der Waals surface area contributed by atoms with Crippen molar-refractivity contribution in [1.29, 1.82) is 0 Å².